The zero-order valence-corrected chi connectivity index (χ0v) is 18.5. The van der Waals surface area contributed by atoms with Gasteiger partial charge in [-0.2, -0.15) is 0 Å². The van der Waals surface area contributed by atoms with Crippen LogP contribution >= 0.6 is 24.0 Å². The lowest BCUT2D eigenvalue weighted by Crippen LogP contribution is -2.44. The summed E-state index contributed by atoms with van der Waals surface area (Å²) in [5.41, 5.74) is 1.24. The lowest BCUT2D eigenvalue weighted by molar-refractivity contribution is 0.214. The van der Waals surface area contributed by atoms with Gasteiger partial charge in [0, 0.05) is 45.8 Å². The Labute approximate surface area is 169 Å². The van der Waals surface area contributed by atoms with Crippen LogP contribution in [0, 0.1) is 0 Å². The number of benzene rings is 1. The minimum absolute atomic E-state index is 0. The third-order valence-electron chi connectivity index (χ3n) is 4.48. The van der Waals surface area contributed by atoms with Crippen LogP contribution in [0.4, 0.5) is 0 Å². The molecule has 0 unspecified atom stereocenters. The molecule has 142 valence electrons. The van der Waals surface area contributed by atoms with Crippen molar-refractivity contribution in [2.24, 2.45) is 4.99 Å². The molecule has 1 fully saturated rings. The number of hydrogen-bond donors (Lipinski definition) is 1. The molecule has 0 radical (unpaired) electrons. The van der Waals surface area contributed by atoms with Crippen LogP contribution in [0.2, 0.25) is 0 Å². The van der Waals surface area contributed by atoms with E-state index in [1.807, 2.05) is 19.2 Å². The van der Waals surface area contributed by atoms with Crippen LogP contribution in [0.1, 0.15) is 32.3 Å². The van der Waals surface area contributed by atoms with Crippen LogP contribution < -0.4 is 10.1 Å². The van der Waals surface area contributed by atoms with E-state index in [1.54, 1.807) is 7.11 Å². The first-order valence-corrected chi connectivity index (χ1v) is 8.85. The number of halogens is 1. The maximum Gasteiger partial charge on any atom is 0.193 e. The summed E-state index contributed by atoms with van der Waals surface area (Å²) < 4.78 is 5.21. The molecule has 6 heteroatoms. The number of guanidine groups is 1. The number of ether oxygens (including phenoxy) is 1. The summed E-state index contributed by atoms with van der Waals surface area (Å²) >= 11 is 0. The van der Waals surface area contributed by atoms with Crippen LogP contribution in [0.25, 0.3) is 0 Å². The Morgan fingerprint density at radius 1 is 1.28 bits per heavy atom. The summed E-state index contributed by atoms with van der Waals surface area (Å²) in [7, 11) is 5.60. The average molecular weight is 460 g/mol. The van der Waals surface area contributed by atoms with E-state index < -0.39 is 0 Å². The molecule has 1 aliphatic carbocycles. The van der Waals surface area contributed by atoms with Gasteiger partial charge in [0.05, 0.1) is 7.11 Å². The van der Waals surface area contributed by atoms with Crippen molar-refractivity contribution < 1.29 is 4.74 Å². The van der Waals surface area contributed by atoms with E-state index in [0.29, 0.717) is 6.04 Å². The van der Waals surface area contributed by atoms with Gasteiger partial charge in [0.25, 0.3) is 0 Å². The van der Waals surface area contributed by atoms with Gasteiger partial charge in [0.1, 0.15) is 5.75 Å². The second-order valence-corrected chi connectivity index (χ2v) is 6.74. The molecular formula is C19H33IN4O. The number of rotatable bonds is 8. The van der Waals surface area contributed by atoms with Crippen molar-refractivity contribution in [1.82, 2.24) is 15.1 Å². The maximum atomic E-state index is 5.21. The normalized spacial score (nSPS) is 14.4. The highest BCUT2D eigenvalue weighted by Crippen LogP contribution is 2.27. The fraction of sp³-hybridized carbons (Fsp3) is 0.632. The SMILES string of the molecule is CN=C(NCCN(C(C)C)C1CC1)N(C)Cc1ccc(OC)cc1.I. The zero-order chi connectivity index (χ0) is 17.5. The topological polar surface area (TPSA) is 40.1 Å². The monoisotopic (exact) mass is 460 g/mol. The molecule has 0 atom stereocenters. The summed E-state index contributed by atoms with van der Waals surface area (Å²) in [6.45, 7) is 7.37. The van der Waals surface area contributed by atoms with Gasteiger partial charge in [0.2, 0.25) is 0 Å². The van der Waals surface area contributed by atoms with E-state index in [2.05, 4.69) is 53.1 Å². The maximum absolute atomic E-state index is 5.21. The predicted molar refractivity (Wildman–Crippen MR) is 116 cm³/mol. The average Bonchev–Trinajstić information content (AvgIpc) is 3.40. The molecule has 1 aromatic rings. The summed E-state index contributed by atoms with van der Waals surface area (Å²) in [6.07, 6.45) is 2.70. The first-order chi connectivity index (χ1) is 11.5. The number of methoxy groups -OCH3 is 1. The van der Waals surface area contributed by atoms with Crippen molar-refractivity contribution in [3.63, 3.8) is 0 Å². The largest absolute Gasteiger partial charge is 0.497 e. The number of nitrogens with zero attached hydrogens (tertiary/aromatic N) is 3. The van der Waals surface area contributed by atoms with Crippen molar-refractivity contribution in [2.75, 3.05) is 34.3 Å². The van der Waals surface area contributed by atoms with Crippen molar-refractivity contribution in [3.05, 3.63) is 29.8 Å². The molecule has 1 N–H and O–H groups in total. The second-order valence-electron chi connectivity index (χ2n) is 6.74. The van der Waals surface area contributed by atoms with E-state index in [1.165, 1.54) is 18.4 Å². The Balaban J connectivity index is 0.00000312. The third kappa shape index (κ3) is 7.01. The molecular weight excluding hydrogens is 427 g/mol. The highest BCUT2D eigenvalue weighted by atomic mass is 127. The molecule has 25 heavy (non-hydrogen) atoms. The fourth-order valence-electron chi connectivity index (χ4n) is 3.03. The first-order valence-electron chi connectivity index (χ1n) is 8.85. The van der Waals surface area contributed by atoms with Gasteiger partial charge in [-0.25, -0.2) is 0 Å². The molecule has 1 saturated carbocycles. The van der Waals surface area contributed by atoms with Crippen LogP contribution in [0.3, 0.4) is 0 Å². The summed E-state index contributed by atoms with van der Waals surface area (Å²) in [5, 5.41) is 3.49. The Morgan fingerprint density at radius 2 is 1.92 bits per heavy atom. The molecule has 0 saturated heterocycles. The van der Waals surface area contributed by atoms with Crippen LogP contribution in [-0.2, 0) is 6.54 Å². The minimum atomic E-state index is 0. The van der Waals surface area contributed by atoms with Crippen molar-refractivity contribution in [3.8, 4) is 5.75 Å². The van der Waals surface area contributed by atoms with Crippen LogP contribution in [-0.4, -0.2) is 62.1 Å². The predicted octanol–water partition coefficient (Wildman–Crippen LogP) is 3.19. The van der Waals surface area contributed by atoms with E-state index in [0.717, 1.165) is 37.4 Å². The summed E-state index contributed by atoms with van der Waals surface area (Å²) in [6, 6.07) is 9.58. The Bertz CT molecular complexity index is 527. The van der Waals surface area contributed by atoms with Gasteiger partial charge in [-0.05, 0) is 44.4 Å². The van der Waals surface area contributed by atoms with Gasteiger partial charge in [-0.15, -0.1) is 24.0 Å². The van der Waals surface area contributed by atoms with E-state index in [-0.39, 0.29) is 24.0 Å². The Morgan fingerprint density at radius 3 is 2.40 bits per heavy atom. The third-order valence-corrected chi connectivity index (χ3v) is 4.48. The lowest BCUT2D eigenvalue weighted by Gasteiger charge is -2.28. The van der Waals surface area contributed by atoms with Gasteiger partial charge in [-0.3, -0.25) is 9.89 Å². The van der Waals surface area contributed by atoms with E-state index >= 15 is 0 Å². The number of aliphatic imine (C=N–C) groups is 1. The smallest absolute Gasteiger partial charge is 0.193 e. The van der Waals surface area contributed by atoms with Crippen LogP contribution in [0.15, 0.2) is 29.3 Å². The Hall–Kier alpha value is -1.02. The van der Waals surface area contributed by atoms with Crippen molar-refractivity contribution >= 4 is 29.9 Å². The standard InChI is InChI=1S/C19H32N4O.HI/c1-15(2)23(17-8-9-17)13-12-21-19(20-3)22(4)14-16-6-10-18(24-5)11-7-16;/h6-7,10-11,15,17H,8-9,12-14H2,1-5H3,(H,20,21);1H. The van der Waals surface area contributed by atoms with Crippen molar-refractivity contribution in [1.29, 1.82) is 0 Å². The lowest BCUT2D eigenvalue weighted by atomic mass is 10.2. The van der Waals surface area contributed by atoms with Crippen molar-refractivity contribution in [2.45, 2.75) is 45.3 Å². The van der Waals surface area contributed by atoms with E-state index in [4.69, 9.17) is 4.74 Å². The molecule has 1 aromatic carbocycles. The molecule has 0 spiro atoms. The molecule has 0 aliphatic heterocycles. The molecule has 0 bridgehead atoms. The second kappa shape index (κ2) is 10.9. The number of nitrogens with one attached hydrogen (secondary N) is 1. The van der Waals surface area contributed by atoms with Gasteiger partial charge in [0.15, 0.2) is 5.96 Å². The molecule has 0 aromatic heterocycles. The summed E-state index contributed by atoms with van der Waals surface area (Å²) in [4.78, 5) is 9.15. The molecule has 5 nitrogen and oxygen atoms in total. The summed E-state index contributed by atoms with van der Waals surface area (Å²) in [5.74, 6) is 1.82. The van der Waals surface area contributed by atoms with Gasteiger partial charge in [-0.1, -0.05) is 12.1 Å². The van der Waals surface area contributed by atoms with E-state index in [9.17, 15) is 0 Å². The highest BCUT2D eigenvalue weighted by molar-refractivity contribution is 14.0. The first kappa shape index (κ1) is 22.0. The minimum Gasteiger partial charge on any atom is -0.497 e. The Kier molecular flexibility index (Phi) is 9.56. The number of hydrogen-bond acceptors (Lipinski definition) is 3. The van der Waals surface area contributed by atoms with Gasteiger partial charge >= 0.3 is 0 Å². The molecule has 0 heterocycles. The molecule has 0 amide bonds. The molecule has 2 rings (SSSR count). The highest BCUT2D eigenvalue weighted by Gasteiger charge is 2.30. The quantitative estimate of drug-likeness (QED) is 0.368. The fourth-order valence-corrected chi connectivity index (χ4v) is 3.03. The zero-order valence-electron chi connectivity index (χ0n) is 16.2. The molecule has 1 aliphatic rings. The van der Waals surface area contributed by atoms with Gasteiger partial charge < -0.3 is 15.0 Å². The van der Waals surface area contributed by atoms with Crippen LogP contribution in [0.5, 0.6) is 5.75 Å².